The minimum Gasteiger partial charge on any atom is -0.462 e. The molecule has 29 heavy (non-hydrogen) atoms. The van der Waals surface area contributed by atoms with Crippen molar-refractivity contribution in [3.8, 4) is 10.8 Å². The van der Waals surface area contributed by atoms with Crippen molar-refractivity contribution in [1.82, 2.24) is 10.3 Å². The Hall–Kier alpha value is -3.51. The summed E-state index contributed by atoms with van der Waals surface area (Å²) in [5.41, 5.74) is 2.13. The molecule has 0 aliphatic rings. The highest BCUT2D eigenvalue weighted by atomic mass is 32.1. The molecule has 0 aliphatic carbocycles. The van der Waals surface area contributed by atoms with Crippen LogP contribution in [0.5, 0.6) is 0 Å². The Labute approximate surface area is 172 Å². The molecule has 0 fully saturated rings. The molecule has 2 aromatic heterocycles. The molecule has 0 aliphatic heterocycles. The Morgan fingerprint density at radius 2 is 1.69 bits per heavy atom. The van der Waals surface area contributed by atoms with E-state index in [2.05, 4.69) is 10.3 Å². The molecule has 0 spiro atoms. The molecular weight excluding hydrogens is 384 g/mol. The summed E-state index contributed by atoms with van der Waals surface area (Å²) in [7, 11) is 0. The van der Waals surface area contributed by atoms with Crippen LogP contribution in [0.3, 0.4) is 0 Å². The minimum absolute atomic E-state index is 0.176. The normalized spacial score (nSPS) is 10.7. The van der Waals surface area contributed by atoms with Gasteiger partial charge in [-0.05, 0) is 25.1 Å². The van der Waals surface area contributed by atoms with Crippen LogP contribution < -0.4 is 5.32 Å². The van der Waals surface area contributed by atoms with Crippen LogP contribution >= 0.6 is 11.3 Å². The zero-order chi connectivity index (χ0) is 20.2. The summed E-state index contributed by atoms with van der Waals surface area (Å²) in [5.74, 6) is 0.233. The van der Waals surface area contributed by atoms with Crippen LogP contribution in [0.4, 0.5) is 0 Å². The van der Waals surface area contributed by atoms with Crippen LogP contribution in [-0.2, 0) is 6.54 Å². The Bertz CT molecular complexity index is 1150. The SMILES string of the molecule is Cc1nc(-c2ccco2)sc1CNC(=O)c1ccccc1C(=O)c1ccccc1. The topological polar surface area (TPSA) is 72.2 Å². The molecule has 0 radical (unpaired) electrons. The molecule has 0 saturated heterocycles. The van der Waals surface area contributed by atoms with E-state index in [1.165, 1.54) is 11.3 Å². The van der Waals surface area contributed by atoms with E-state index in [1.807, 2.05) is 25.1 Å². The fourth-order valence-corrected chi connectivity index (χ4v) is 3.95. The average molecular weight is 402 g/mol. The number of carbonyl (C=O) groups is 2. The summed E-state index contributed by atoms with van der Waals surface area (Å²) in [4.78, 5) is 31.1. The van der Waals surface area contributed by atoms with E-state index in [0.29, 0.717) is 29.0 Å². The Morgan fingerprint density at radius 1 is 0.966 bits per heavy atom. The number of aryl methyl sites for hydroxylation is 1. The van der Waals surface area contributed by atoms with Crippen molar-refractivity contribution in [3.63, 3.8) is 0 Å². The fourth-order valence-electron chi connectivity index (χ4n) is 2.98. The van der Waals surface area contributed by atoms with Gasteiger partial charge < -0.3 is 9.73 Å². The van der Waals surface area contributed by atoms with E-state index in [4.69, 9.17) is 4.42 Å². The van der Waals surface area contributed by atoms with Crippen molar-refractivity contribution >= 4 is 23.0 Å². The van der Waals surface area contributed by atoms with Gasteiger partial charge in [0.25, 0.3) is 5.91 Å². The van der Waals surface area contributed by atoms with Crippen molar-refractivity contribution in [1.29, 1.82) is 0 Å². The number of nitrogens with zero attached hydrogens (tertiary/aromatic N) is 1. The molecule has 0 saturated carbocycles. The number of thiazole rings is 1. The first kappa shape index (κ1) is 18.8. The lowest BCUT2D eigenvalue weighted by atomic mass is 9.98. The maximum Gasteiger partial charge on any atom is 0.252 e. The first-order valence-electron chi connectivity index (χ1n) is 9.10. The molecule has 0 atom stereocenters. The van der Waals surface area contributed by atoms with Gasteiger partial charge in [0.05, 0.1) is 24.1 Å². The molecule has 2 heterocycles. The lowest BCUT2D eigenvalue weighted by molar-refractivity contribution is 0.0940. The Morgan fingerprint density at radius 3 is 2.41 bits per heavy atom. The standard InChI is InChI=1S/C23H18N2O3S/c1-15-20(29-23(25-15)19-12-7-13-28-19)14-24-22(27)18-11-6-5-10-17(18)21(26)16-8-3-2-4-9-16/h2-13H,14H2,1H3,(H,24,27). The van der Waals surface area contributed by atoms with Crippen molar-refractivity contribution in [3.05, 3.63) is 100 Å². The number of rotatable bonds is 6. The van der Waals surface area contributed by atoms with E-state index < -0.39 is 0 Å². The maximum atomic E-state index is 12.8. The highest BCUT2D eigenvalue weighted by Crippen LogP contribution is 2.28. The number of ketones is 1. The third-order valence-corrected chi connectivity index (χ3v) is 5.66. The van der Waals surface area contributed by atoms with Gasteiger partial charge in [0, 0.05) is 16.0 Å². The van der Waals surface area contributed by atoms with Crippen molar-refractivity contribution in [2.24, 2.45) is 0 Å². The number of hydrogen-bond donors (Lipinski definition) is 1. The molecule has 0 bridgehead atoms. The van der Waals surface area contributed by atoms with E-state index in [-0.39, 0.29) is 11.7 Å². The maximum absolute atomic E-state index is 12.8. The summed E-state index contributed by atoms with van der Waals surface area (Å²) < 4.78 is 5.39. The first-order valence-corrected chi connectivity index (χ1v) is 9.92. The molecule has 2 aromatic carbocycles. The molecule has 6 heteroatoms. The van der Waals surface area contributed by atoms with E-state index in [0.717, 1.165) is 15.6 Å². The average Bonchev–Trinajstić information content (AvgIpc) is 3.42. The number of benzene rings is 2. The molecular formula is C23H18N2O3S. The predicted molar refractivity (Wildman–Crippen MR) is 112 cm³/mol. The largest absolute Gasteiger partial charge is 0.462 e. The van der Waals surface area contributed by atoms with Gasteiger partial charge in [-0.1, -0.05) is 48.5 Å². The Balaban J connectivity index is 1.52. The van der Waals surface area contributed by atoms with Gasteiger partial charge in [-0.15, -0.1) is 11.3 Å². The van der Waals surface area contributed by atoms with Gasteiger partial charge in [0.1, 0.15) is 0 Å². The van der Waals surface area contributed by atoms with E-state index >= 15 is 0 Å². The molecule has 5 nitrogen and oxygen atoms in total. The number of hydrogen-bond acceptors (Lipinski definition) is 5. The van der Waals surface area contributed by atoms with Gasteiger partial charge >= 0.3 is 0 Å². The second kappa shape index (κ2) is 8.24. The van der Waals surface area contributed by atoms with Gasteiger partial charge in [-0.3, -0.25) is 9.59 Å². The smallest absolute Gasteiger partial charge is 0.252 e. The van der Waals surface area contributed by atoms with E-state index in [1.54, 1.807) is 54.8 Å². The van der Waals surface area contributed by atoms with Crippen molar-refractivity contribution in [2.75, 3.05) is 0 Å². The van der Waals surface area contributed by atoms with Gasteiger partial charge in [0.15, 0.2) is 16.6 Å². The highest BCUT2D eigenvalue weighted by molar-refractivity contribution is 7.15. The zero-order valence-electron chi connectivity index (χ0n) is 15.7. The predicted octanol–water partition coefficient (Wildman–Crippen LogP) is 4.87. The quantitative estimate of drug-likeness (QED) is 0.467. The van der Waals surface area contributed by atoms with Gasteiger partial charge in [-0.2, -0.15) is 0 Å². The second-order valence-electron chi connectivity index (χ2n) is 6.43. The summed E-state index contributed by atoms with van der Waals surface area (Å²) >= 11 is 1.48. The summed E-state index contributed by atoms with van der Waals surface area (Å²) in [6.07, 6.45) is 1.61. The number of aromatic nitrogens is 1. The van der Waals surface area contributed by atoms with Crippen LogP contribution in [0.2, 0.25) is 0 Å². The fraction of sp³-hybridized carbons (Fsp3) is 0.0870. The number of nitrogens with one attached hydrogen (secondary N) is 1. The zero-order valence-corrected chi connectivity index (χ0v) is 16.5. The van der Waals surface area contributed by atoms with Crippen molar-refractivity contribution < 1.29 is 14.0 Å². The minimum atomic E-state index is -0.294. The van der Waals surface area contributed by atoms with Crippen molar-refractivity contribution in [2.45, 2.75) is 13.5 Å². The number of furan rings is 1. The highest BCUT2D eigenvalue weighted by Gasteiger charge is 2.19. The third-order valence-electron chi connectivity index (χ3n) is 4.49. The van der Waals surface area contributed by atoms with Crippen LogP contribution in [0.1, 0.15) is 36.9 Å². The van der Waals surface area contributed by atoms with Crippen LogP contribution in [0.15, 0.2) is 77.4 Å². The molecule has 1 amide bonds. The third kappa shape index (κ3) is 4.02. The second-order valence-corrected chi connectivity index (χ2v) is 7.51. The summed E-state index contributed by atoms with van der Waals surface area (Å²) in [5, 5.41) is 3.68. The Kier molecular flexibility index (Phi) is 5.35. The van der Waals surface area contributed by atoms with Gasteiger partial charge in [-0.25, -0.2) is 4.98 Å². The number of carbonyl (C=O) groups excluding carboxylic acids is 2. The summed E-state index contributed by atoms with van der Waals surface area (Å²) in [6, 6.07) is 19.5. The van der Waals surface area contributed by atoms with Gasteiger partial charge in [0.2, 0.25) is 0 Å². The summed E-state index contributed by atoms with van der Waals surface area (Å²) in [6.45, 7) is 2.23. The molecule has 0 unspecified atom stereocenters. The first-order chi connectivity index (χ1) is 14.1. The molecule has 4 aromatic rings. The molecule has 1 N–H and O–H groups in total. The lowest BCUT2D eigenvalue weighted by Crippen LogP contribution is -2.25. The lowest BCUT2D eigenvalue weighted by Gasteiger charge is -2.09. The molecule has 144 valence electrons. The monoisotopic (exact) mass is 402 g/mol. The number of amides is 1. The van der Waals surface area contributed by atoms with E-state index in [9.17, 15) is 9.59 Å². The van der Waals surface area contributed by atoms with Crippen LogP contribution in [0.25, 0.3) is 10.8 Å². The van der Waals surface area contributed by atoms with Crippen LogP contribution in [-0.4, -0.2) is 16.7 Å². The van der Waals surface area contributed by atoms with Crippen LogP contribution in [0, 0.1) is 6.92 Å². The molecule has 4 rings (SSSR count).